The first kappa shape index (κ1) is 17.5. The lowest BCUT2D eigenvalue weighted by atomic mass is 9.94. The highest BCUT2D eigenvalue weighted by molar-refractivity contribution is 5.75. The Bertz CT molecular complexity index is 680. The lowest BCUT2D eigenvalue weighted by molar-refractivity contribution is 0.181. The van der Waals surface area contributed by atoms with E-state index in [4.69, 9.17) is 4.74 Å². The van der Waals surface area contributed by atoms with Crippen molar-refractivity contribution in [1.29, 1.82) is 0 Å². The molecule has 1 aromatic carbocycles. The fourth-order valence-corrected chi connectivity index (χ4v) is 3.21. The first-order valence-corrected chi connectivity index (χ1v) is 8.80. The van der Waals surface area contributed by atoms with Crippen molar-refractivity contribution in [3.63, 3.8) is 0 Å². The summed E-state index contributed by atoms with van der Waals surface area (Å²) in [5, 5.41) is 10.3. The van der Waals surface area contributed by atoms with Crippen LogP contribution in [0.1, 0.15) is 43.0 Å². The number of aryl methyl sites for hydroxylation is 1. The molecule has 0 spiro atoms. The predicted octanol–water partition coefficient (Wildman–Crippen LogP) is 2.95. The van der Waals surface area contributed by atoms with Crippen LogP contribution < -0.4 is 10.6 Å². The van der Waals surface area contributed by atoms with Gasteiger partial charge >= 0.3 is 6.03 Å². The maximum Gasteiger partial charge on any atom is 0.315 e. The zero-order valence-corrected chi connectivity index (χ0v) is 14.8. The van der Waals surface area contributed by atoms with Crippen LogP contribution in [-0.4, -0.2) is 29.0 Å². The first-order valence-electron chi connectivity index (χ1n) is 8.80. The van der Waals surface area contributed by atoms with Crippen molar-refractivity contribution in [2.45, 2.75) is 31.8 Å². The van der Waals surface area contributed by atoms with Crippen LogP contribution in [0.15, 0.2) is 42.7 Å². The minimum atomic E-state index is -0.163. The Kier molecular flexibility index (Phi) is 5.71. The van der Waals surface area contributed by atoms with Crippen molar-refractivity contribution in [2.75, 3.05) is 13.2 Å². The molecule has 1 aliphatic rings. The second-order valence-corrected chi connectivity index (χ2v) is 6.72. The minimum absolute atomic E-state index is 0.0194. The van der Waals surface area contributed by atoms with Gasteiger partial charge in [0.15, 0.2) is 0 Å². The van der Waals surface area contributed by atoms with Crippen LogP contribution in [0, 0.1) is 5.92 Å². The highest BCUT2D eigenvalue weighted by Gasteiger charge is 2.23. The van der Waals surface area contributed by atoms with E-state index >= 15 is 0 Å². The van der Waals surface area contributed by atoms with Crippen LogP contribution in [0.5, 0.6) is 0 Å². The normalized spacial score (nSPS) is 19.4. The third-order valence-electron chi connectivity index (χ3n) is 4.67. The van der Waals surface area contributed by atoms with Crippen LogP contribution in [0.3, 0.4) is 0 Å². The molecule has 6 nitrogen and oxygen atoms in total. The van der Waals surface area contributed by atoms with Crippen LogP contribution in [-0.2, 0) is 11.8 Å². The van der Waals surface area contributed by atoms with E-state index in [0.29, 0.717) is 5.92 Å². The number of nitrogens with one attached hydrogen (secondary N) is 2. The van der Waals surface area contributed by atoms with Crippen molar-refractivity contribution in [1.82, 2.24) is 20.4 Å². The van der Waals surface area contributed by atoms with Gasteiger partial charge in [-0.05, 0) is 31.2 Å². The molecule has 0 radical (unpaired) electrons. The molecule has 3 rings (SSSR count). The molecule has 2 aromatic rings. The maximum absolute atomic E-state index is 12.5. The zero-order valence-electron chi connectivity index (χ0n) is 14.8. The molecule has 0 aliphatic carbocycles. The van der Waals surface area contributed by atoms with Gasteiger partial charge in [-0.15, -0.1) is 0 Å². The van der Waals surface area contributed by atoms with Crippen LogP contribution in [0.2, 0.25) is 0 Å². The Balaban J connectivity index is 1.63. The highest BCUT2D eigenvalue weighted by Crippen LogP contribution is 2.26. The number of carbonyl (C=O) groups is 1. The standard InChI is InChI=1S/C19H26N4O2/c1-14(17-11-20-23(2)12-17)21-19(24)22-18(10-15-8-9-25-13-15)16-6-4-3-5-7-16/h3-7,11-12,14-15,18H,8-10,13H2,1-2H3,(H2,21,22,24). The van der Waals surface area contributed by atoms with Crippen molar-refractivity contribution >= 4 is 6.03 Å². The number of aromatic nitrogens is 2. The summed E-state index contributed by atoms with van der Waals surface area (Å²) in [5.41, 5.74) is 2.11. The molecule has 3 unspecified atom stereocenters. The number of urea groups is 1. The monoisotopic (exact) mass is 342 g/mol. The van der Waals surface area contributed by atoms with Crippen molar-refractivity contribution in [2.24, 2.45) is 13.0 Å². The van der Waals surface area contributed by atoms with Gasteiger partial charge in [-0.3, -0.25) is 4.68 Å². The van der Waals surface area contributed by atoms with E-state index in [1.807, 2.05) is 38.4 Å². The largest absolute Gasteiger partial charge is 0.381 e. The summed E-state index contributed by atoms with van der Waals surface area (Å²) in [5.74, 6) is 0.487. The van der Waals surface area contributed by atoms with E-state index in [9.17, 15) is 4.79 Å². The van der Waals surface area contributed by atoms with Crippen LogP contribution >= 0.6 is 0 Å². The van der Waals surface area contributed by atoms with E-state index in [0.717, 1.165) is 37.2 Å². The molecule has 2 amide bonds. The molecule has 3 atom stereocenters. The Morgan fingerprint density at radius 3 is 2.76 bits per heavy atom. The summed E-state index contributed by atoms with van der Waals surface area (Å²) in [6, 6.07) is 9.84. The molecule has 0 saturated carbocycles. The quantitative estimate of drug-likeness (QED) is 0.848. The van der Waals surface area contributed by atoms with Crippen molar-refractivity contribution in [3.05, 3.63) is 53.9 Å². The second kappa shape index (κ2) is 8.16. The fourth-order valence-electron chi connectivity index (χ4n) is 3.21. The minimum Gasteiger partial charge on any atom is -0.381 e. The van der Waals surface area contributed by atoms with Gasteiger partial charge in [0.1, 0.15) is 0 Å². The Hall–Kier alpha value is -2.34. The van der Waals surface area contributed by atoms with Crippen LogP contribution in [0.25, 0.3) is 0 Å². The molecule has 25 heavy (non-hydrogen) atoms. The molecular formula is C19H26N4O2. The van der Waals surface area contributed by atoms with Gasteiger partial charge in [0.25, 0.3) is 0 Å². The topological polar surface area (TPSA) is 68.2 Å². The van der Waals surface area contributed by atoms with Gasteiger partial charge in [-0.25, -0.2) is 4.79 Å². The van der Waals surface area contributed by atoms with E-state index in [1.54, 1.807) is 10.9 Å². The molecule has 1 aromatic heterocycles. The number of carbonyl (C=O) groups excluding carboxylic acids is 1. The first-order chi connectivity index (χ1) is 12.1. The lowest BCUT2D eigenvalue weighted by Crippen LogP contribution is -2.39. The number of amides is 2. The summed E-state index contributed by atoms with van der Waals surface area (Å²) < 4.78 is 7.22. The Morgan fingerprint density at radius 2 is 2.12 bits per heavy atom. The molecule has 2 heterocycles. The van der Waals surface area contributed by atoms with Crippen molar-refractivity contribution < 1.29 is 9.53 Å². The van der Waals surface area contributed by atoms with E-state index in [1.165, 1.54) is 0 Å². The smallest absolute Gasteiger partial charge is 0.315 e. The summed E-state index contributed by atoms with van der Waals surface area (Å²) in [6.45, 7) is 3.55. The molecule has 1 saturated heterocycles. The average Bonchev–Trinajstić information content (AvgIpc) is 3.26. The summed E-state index contributed by atoms with van der Waals surface area (Å²) in [4.78, 5) is 12.5. The molecule has 1 fully saturated rings. The molecule has 2 N–H and O–H groups in total. The number of nitrogens with zero attached hydrogens (tertiary/aromatic N) is 2. The molecule has 0 bridgehead atoms. The molecule has 134 valence electrons. The van der Waals surface area contributed by atoms with Crippen LogP contribution in [0.4, 0.5) is 4.79 Å². The van der Waals surface area contributed by atoms with Gasteiger partial charge in [0.05, 0.1) is 18.3 Å². The predicted molar refractivity (Wildman–Crippen MR) is 96.0 cm³/mol. The number of ether oxygens (including phenoxy) is 1. The van der Waals surface area contributed by atoms with E-state index < -0.39 is 0 Å². The van der Waals surface area contributed by atoms with Gasteiger partial charge in [-0.1, -0.05) is 30.3 Å². The summed E-state index contributed by atoms with van der Waals surface area (Å²) >= 11 is 0. The maximum atomic E-state index is 12.5. The number of benzene rings is 1. The molecule has 6 heteroatoms. The molecular weight excluding hydrogens is 316 g/mol. The van der Waals surface area contributed by atoms with E-state index in [-0.39, 0.29) is 18.1 Å². The van der Waals surface area contributed by atoms with Gasteiger partial charge in [-0.2, -0.15) is 5.10 Å². The average molecular weight is 342 g/mol. The van der Waals surface area contributed by atoms with Gasteiger partial charge in [0, 0.05) is 32.0 Å². The third-order valence-corrected chi connectivity index (χ3v) is 4.67. The Morgan fingerprint density at radius 1 is 1.32 bits per heavy atom. The summed E-state index contributed by atoms with van der Waals surface area (Å²) in [6.07, 6.45) is 5.63. The number of hydrogen-bond acceptors (Lipinski definition) is 3. The second-order valence-electron chi connectivity index (χ2n) is 6.72. The summed E-state index contributed by atoms with van der Waals surface area (Å²) in [7, 11) is 1.87. The number of rotatable bonds is 6. The third kappa shape index (κ3) is 4.82. The van der Waals surface area contributed by atoms with Crippen molar-refractivity contribution in [3.8, 4) is 0 Å². The van der Waals surface area contributed by atoms with Gasteiger partial charge < -0.3 is 15.4 Å². The SMILES string of the molecule is CC(NC(=O)NC(CC1CCOC1)c1ccccc1)c1cnn(C)c1. The Labute approximate surface area is 148 Å². The zero-order chi connectivity index (χ0) is 17.6. The fraction of sp³-hybridized carbons (Fsp3) is 0.474. The highest BCUT2D eigenvalue weighted by atomic mass is 16.5. The van der Waals surface area contributed by atoms with Gasteiger partial charge in [0.2, 0.25) is 0 Å². The lowest BCUT2D eigenvalue weighted by Gasteiger charge is -2.23. The van der Waals surface area contributed by atoms with E-state index in [2.05, 4.69) is 27.9 Å². The number of hydrogen-bond donors (Lipinski definition) is 2. The molecule has 1 aliphatic heterocycles.